The number of nitrogens with zero attached hydrogens (tertiary/aromatic N) is 3. The minimum absolute atomic E-state index is 0.00494. The lowest BCUT2D eigenvalue weighted by Gasteiger charge is -2.20. The lowest BCUT2D eigenvalue weighted by molar-refractivity contribution is -0.129. The van der Waals surface area contributed by atoms with Crippen molar-refractivity contribution in [3.8, 4) is 5.88 Å². The van der Waals surface area contributed by atoms with Gasteiger partial charge in [0.25, 0.3) is 5.91 Å². The lowest BCUT2D eigenvalue weighted by Crippen LogP contribution is -2.33. The SMILES string of the molecule is CC(C)N1CC(c2nccc(OCc3ccccc3)n2)=C(O)C1=O. The van der Waals surface area contributed by atoms with Crippen molar-refractivity contribution in [1.82, 2.24) is 14.9 Å². The molecule has 0 spiro atoms. The number of aliphatic hydroxyl groups excluding tert-OH is 1. The van der Waals surface area contributed by atoms with Crippen molar-refractivity contribution in [2.45, 2.75) is 26.5 Å². The van der Waals surface area contributed by atoms with Crippen LogP contribution in [0.2, 0.25) is 0 Å². The maximum Gasteiger partial charge on any atom is 0.289 e. The van der Waals surface area contributed by atoms with Crippen LogP contribution in [-0.4, -0.2) is 38.5 Å². The van der Waals surface area contributed by atoms with E-state index >= 15 is 0 Å². The second kappa shape index (κ2) is 6.70. The molecule has 0 fully saturated rings. The van der Waals surface area contributed by atoms with Crippen LogP contribution < -0.4 is 4.74 Å². The third-order valence-corrected chi connectivity index (χ3v) is 3.83. The van der Waals surface area contributed by atoms with Gasteiger partial charge in [-0.1, -0.05) is 30.3 Å². The number of hydrogen-bond donors (Lipinski definition) is 1. The number of aromatic nitrogens is 2. The quantitative estimate of drug-likeness (QED) is 0.914. The van der Waals surface area contributed by atoms with Crippen molar-refractivity contribution >= 4 is 11.5 Å². The zero-order chi connectivity index (χ0) is 17.1. The van der Waals surface area contributed by atoms with Gasteiger partial charge in [0.1, 0.15) is 6.61 Å². The highest BCUT2D eigenvalue weighted by molar-refractivity contribution is 6.03. The van der Waals surface area contributed by atoms with Crippen LogP contribution >= 0.6 is 0 Å². The Hall–Kier alpha value is -2.89. The van der Waals surface area contributed by atoms with Crippen LogP contribution in [0.1, 0.15) is 25.2 Å². The van der Waals surface area contributed by atoms with Crippen LogP contribution in [-0.2, 0) is 11.4 Å². The first-order chi connectivity index (χ1) is 11.6. The normalized spacial score (nSPS) is 14.6. The zero-order valence-corrected chi connectivity index (χ0v) is 13.6. The van der Waals surface area contributed by atoms with E-state index in [1.54, 1.807) is 17.2 Å². The van der Waals surface area contributed by atoms with E-state index in [0.29, 0.717) is 30.4 Å². The average Bonchev–Trinajstić information content (AvgIpc) is 2.90. The number of carbonyl (C=O) groups is 1. The summed E-state index contributed by atoms with van der Waals surface area (Å²) >= 11 is 0. The Kier molecular flexibility index (Phi) is 4.46. The highest BCUT2D eigenvalue weighted by Gasteiger charge is 2.33. The van der Waals surface area contributed by atoms with Crippen molar-refractivity contribution in [1.29, 1.82) is 0 Å². The maximum atomic E-state index is 12.1. The molecule has 1 aromatic heterocycles. The number of ether oxygens (including phenoxy) is 1. The second-order valence-corrected chi connectivity index (χ2v) is 5.85. The molecule has 2 aromatic rings. The van der Waals surface area contributed by atoms with Gasteiger partial charge in [-0.3, -0.25) is 4.79 Å². The highest BCUT2D eigenvalue weighted by atomic mass is 16.5. The molecule has 1 aromatic carbocycles. The van der Waals surface area contributed by atoms with Gasteiger partial charge < -0.3 is 14.7 Å². The van der Waals surface area contributed by atoms with Gasteiger partial charge >= 0.3 is 0 Å². The summed E-state index contributed by atoms with van der Waals surface area (Å²) in [6, 6.07) is 11.4. The molecular formula is C18H19N3O3. The monoisotopic (exact) mass is 325 g/mol. The summed E-state index contributed by atoms with van der Waals surface area (Å²) in [5, 5.41) is 10.1. The molecular weight excluding hydrogens is 306 g/mol. The molecule has 1 N–H and O–H groups in total. The molecule has 24 heavy (non-hydrogen) atoms. The fraction of sp³-hybridized carbons (Fsp3) is 0.278. The van der Waals surface area contributed by atoms with Crippen LogP contribution in [0.4, 0.5) is 0 Å². The van der Waals surface area contributed by atoms with Gasteiger partial charge in [0, 0.05) is 18.3 Å². The van der Waals surface area contributed by atoms with Gasteiger partial charge in [-0.05, 0) is 19.4 Å². The standard InChI is InChI=1S/C18H19N3O3/c1-12(2)21-10-14(16(22)18(21)23)17-19-9-8-15(20-17)24-11-13-6-4-3-5-7-13/h3-9,12,22H,10-11H2,1-2H3. The Morgan fingerprint density at radius 1 is 1.25 bits per heavy atom. The summed E-state index contributed by atoms with van der Waals surface area (Å²) in [7, 11) is 0. The summed E-state index contributed by atoms with van der Waals surface area (Å²) in [5.74, 6) is 0.0391. The molecule has 1 aliphatic rings. The summed E-state index contributed by atoms with van der Waals surface area (Å²) in [6.07, 6.45) is 1.56. The van der Waals surface area contributed by atoms with Crippen molar-refractivity contribution in [2.75, 3.05) is 6.54 Å². The molecule has 6 nitrogen and oxygen atoms in total. The third-order valence-electron chi connectivity index (χ3n) is 3.83. The van der Waals surface area contributed by atoms with E-state index in [1.165, 1.54) is 0 Å². The molecule has 0 saturated heterocycles. The van der Waals surface area contributed by atoms with Crippen molar-refractivity contribution in [3.05, 3.63) is 59.7 Å². The number of aliphatic hydroxyl groups is 1. The van der Waals surface area contributed by atoms with Gasteiger partial charge in [-0.2, -0.15) is 4.98 Å². The molecule has 3 rings (SSSR count). The van der Waals surface area contributed by atoms with Gasteiger partial charge in [-0.15, -0.1) is 0 Å². The van der Waals surface area contributed by atoms with Gasteiger partial charge in [0.15, 0.2) is 11.6 Å². The Bertz CT molecular complexity index is 772. The van der Waals surface area contributed by atoms with Crippen LogP contribution in [0.15, 0.2) is 48.4 Å². The number of amides is 1. The number of rotatable bonds is 5. The first kappa shape index (κ1) is 16.0. The van der Waals surface area contributed by atoms with E-state index in [2.05, 4.69) is 9.97 Å². The smallest absolute Gasteiger partial charge is 0.289 e. The van der Waals surface area contributed by atoms with Gasteiger partial charge in [-0.25, -0.2) is 4.98 Å². The molecule has 0 bridgehead atoms. The number of benzene rings is 1. The van der Waals surface area contributed by atoms with Gasteiger partial charge in [0.05, 0.1) is 12.1 Å². The molecule has 124 valence electrons. The van der Waals surface area contributed by atoms with E-state index in [9.17, 15) is 9.90 Å². The first-order valence-electron chi connectivity index (χ1n) is 7.79. The first-order valence-corrected chi connectivity index (χ1v) is 7.79. The van der Waals surface area contributed by atoms with Gasteiger partial charge in [0.2, 0.25) is 5.88 Å². The molecule has 0 aliphatic carbocycles. The summed E-state index contributed by atoms with van der Waals surface area (Å²) in [5.41, 5.74) is 1.46. The molecule has 1 amide bonds. The van der Waals surface area contributed by atoms with E-state index in [0.717, 1.165) is 5.56 Å². The molecule has 0 atom stereocenters. The summed E-state index contributed by atoms with van der Waals surface area (Å²) in [6.45, 7) is 4.48. The number of carbonyl (C=O) groups excluding carboxylic acids is 1. The lowest BCUT2D eigenvalue weighted by atomic mass is 10.2. The maximum absolute atomic E-state index is 12.1. The van der Waals surface area contributed by atoms with Crippen LogP contribution in [0.3, 0.4) is 0 Å². The fourth-order valence-electron chi connectivity index (χ4n) is 2.48. The van der Waals surface area contributed by atoms with Crippen LogP contribution in [0.25, 0.3) is 5.57 Å². The van der Waals surface area contributed by atoms with Crippen molar-refractivity contribution in [2.24, 2.45) is 0 Å². The minimum Gasteiger partial charge on any atom is -0.503 e. The highest BCUT2D eigenvalue weighted by Crippen LogP contribution is 2.26. The number of hydrogen-bond acceptors (Lipinski definition) is 5. The molecule has 0 radical (unpaired) electrons. The van der Waals surface area contributed by atoms with Crippen LogP contribution in [0, 0.1) is 0 Å². The topological polar surface area (TPSA) is 75.6 Å². The van der Waals surface area contributed by atoms with E-state index in [-0.39, 0.29) is 17.7 Å². The Morgan fingerprint density at radius 2 is 2.00 bits per heavy atom. The Balaban J connectivity index is 1.77. The van der Waals surface area contributed by atoms with Crippen molar-refractivity contribution < 1.29 is 14.6 Å². The predicted octanol–water partition coefficient (Wildman–Crippen LogP) is 2.58. The zero-order valence-electron chi connectivity index (χ0n) is 13.6. The summed E-state index contributed by atoms with van der Waals surface area (Å²) in [4.78, 5) is 22.1. The molecule has 0 saturated carbocycles. The molecule has 6 heteroatoms. The Labute approximate surface area is 140 Å². The van der Waals surface area contributed by atoms with E-state index in [1.807, 2.05) is 44.2 Å². The van der Waals surface area contributed by atoms with Crippen molar-refractivity contribution in [3.63, 3.8) is 0 Å². The van der Waals surface area contributed by atoms with E-state index in [4.69, 9.17) is 4.74 Å². The minimum atomic E-state index is -0.390. The second-order valence-electron chi connectivity index (χ2n) is 5.85. The summed E-state index contributed by atoms with van der Waals surface area (Å²) < 4.78 is 5.67. The third kappa shape index (κ3) is 3.22. The van der Waals surface area contributed by atoms with E-state index < -0.39 is 0 Å². The largest absolute Gasteiger partial charge is 0.503 e. The molecule has 2 heterocycles. The average molecular weight is 325 g/mol. The molecule has 0 unspecified atom stereocenters. The van der Waals surface area contributed by atoms with Crippen LogP contribution in [0.5, 0.6) is 5.88 Å². The molecule has 1 aliphatic heterocycles. The fourth-order valence-corrected chi connectivity index (χ4v) is 2.48. The Morgan fingerprint density at radius 3 is 2.67 bits per heavy atom. The predicted molar refractivity (Wildman–Crippen MR) is 89.2 cm³/mol.